The smallest absolute Gasteiger partial charge is 0.118 e. The van der Waals surface area contributed by atoms with Gasteiger partial charge in [0.1, 0.15) is 6.10 Å². The second kappa shape index (κ2) is 3.77. The second-order valence-corrected chi connectivity index (χ2v) is 3.22. The zero-order chi connectivity index (χ0) is 10.0. The lowest BCUT2D eigenvalue weighted by Crippen LogP contribution is -2.29. The van der Waals surface area contributed by atoms with Crippen LogP contribution in [0.15, 0.2) is 18.2 Å². The molecule has 0 fully saturated rings. The summed E-state index contributed by atoms with van der Waals surface area (Å²) in [5.74, 6) is -1.53. The number of benzene rings is 1. The Kier molecular flexibility index (Phi) is 2.90. The van der Waals surface area contributed by atoms with Gasteiger partial charge < -0.3 is 15.0 Å². The average Bonchev–Trinajstić information content (AvgIpc) is 2.01. The van der Waals surface area contributed by atoms with Crippen molar-refractivity contribution >= 4 is 17.6 Å². The summed E-state index contributed by atoms with van der Waals surface area (Å²) in [6, 6.07) is 4.62. The lowest BCUT2D eigenvalue weighted by atomic mass is 10.1. The van der Waals surface area contributed by atoms with Crippen LogP contribution in [-0.4, -0.2) is 11.1 Å². The van der Waals surface area contributed by atoms with Crippen LogP contribution in [-0.2, 0) is 4.79 Å². The molecule has 0 aliphatic carbocycles. The number of carbonyl (C=O) groups excluding carboxylic acids is 1. The number of halogens is 1. The molecule has 0 aromatic heterocycles. The van der Waals surface area contributed by atoms with Gasteiger partial charge in [0.2, 0.25) is 0 Å². The van der Waals surface area contributed by atoms with Crippen molar-refractivity contribution in [2.45, 2.75) is 13.0 Å². The molecular weight excluding hydrogens is 192 g/mol. The predicted octanol–water partition coefficient (Wildman–Crippen LogP) is 0.432. The normalized spacial score (nSPS) is 12.5. The van der Waals surface area contributed by atoms with Gasteiger partial charge in [-0.1, -0.05) is 17.7 Å². The zero-order valence-electron chi connectivity index (χ0n) is 6.95. The van der Waals surface area contributed by atoms with Crippen LogP contribution in [0.3, 0.4) is 0 Å². The van der Waals surface area contributed by atoms with Crippen LogP contribution < -0.4 is 5.11 Å². The van der Waals surface area contributed by atoms with Gasteiger partial charge in [-0.2, -0.15) is 0 Å². The maximum Gasteiger partial charge on any atom is 0.118 e. The van der Waals surface area contributed by atoms with Gasteiger partial charge in [-0.25, -0.2) is 0 Å². The van der Waals surface area contributed by atoms with Crippen LogP contribution in [0.1, 0.15) is 17.2 Å². The number of carboxylic acids is 1. The molecule has 1 N–H and O–H groups in total. The molecular formula is C9H8ClO3-. The monoisotopic (exact) mass is 199 g/mol. The van der Waals surface area contributed by atoms with Crippen molar-refractivity contribution < 1.29 is 15.0 Å². The van der Waals surface area contributed by atoms with Crippen molar-refractivity contribution in [2.24, 2.45) is 0 Å². The highest BCUT2D eigenvalue weighted by molar-refractivity contribution is 6.30. The van der Waals surface area contributed by atoms with Crippen molar-refractivity contribution in [2.75, 3.05) is 0 Å². The molecule has 1 rings (SSSR count). The first-order valence-electron chi connectivity index (χ1n) is 3.66. The van der Waals surface area contributed by atoms with Gasteiger partial charge in [0.15, 0.2) is 0 Å². The molecule has 1 aromatic carbocycles. The molecule has 70 valence electrons. The number of carbonyl (C=O) groups is 1. The molecule has 0 radical (unpaired) electrons. The molecule has 0 aliphatic heterocycles. The fourth-order valence-corrected chi connectivity index (χ4v) is 1.36. The van der Waals surface area contributed by atoms with E-state index in [9.17, 15) is 9.90 Å². The zero-order valence-corrected chi connectivity index (χ0v) is 7.71. The molecule has 3 nitrogen and oxygen atoms in total. The summed E-state index contributed by atoms with van der Waals surface area (Å²) >= 11 is 5.67. The lowest BCUT2D eigenvalue weighted by Gasteiger charge is -2.12. The maximum atomic E-state index is 10.3. The van der Waals surface area contributed by atoms with Gasteiger partial charge in [0.05, 0.1) is 5.97 Å². The van der Waals surface area contributed by atoms with Crippen LogP contribution in [0, 0.1) is 6.92 Å². The Morgan fingerprint density at radius 3 is 2.62 bits per heavy atom. The quantitative estimate of drug-likeness (QED) is 0.752. The van der Waals surface area contributed by atoms with Gasteiger partial charge in [-0.3, -0.25) is 0 Å². The number of aliphatic carboxylic acids is 1. The van der Waals surface area contributed by atoms with Crippen molar-refractivity contribution in [1.29, 1.82) is 0 Å². The Morgan fingerprint density at radius 2 is 2.15 bits per heavy atom. The molecule has 1 atom stereocenters. The SMILES string of the molecule is Cc1cc(Cl)cc([C@@H](O)C(=O)[O-])c1. The Balaban J connectivity index is 3.07. The maximum absolute atomic E-state index is 10.3. The number of aliphatic hydroxyl groups excluding tert-OH is 1. The van der Waals surface area contributed by atoms with Crippen LogP contribution in [0.2, 0.25) is 5.02 Å². The van der Waals surface area contributed by atoms with Gasteiger partial charge in [0.25, 0.3) is 0 Å². The highest BCUT2D eigenvalue weighted by Crippen LogP contribution is 2.19. The van der Waals surface area contributed by atoms with E-state index in [-0.39, 0.29) is 5.56 Å². The summed E-state index contributed by atoms with van der Waals surface area (Å²) in [5, 5.41) is 19.8. The summed E-state index contributed by atoms with van der Waals surface area (Å²) < 4.78 is 0. The molecule has 0 heterocycles. The fraction of sp³-hybridized carbons (Fsp3) is 0.222. The van der Waals surface area contributed by atoms with E-state index in [0.29, 0.717) is 5.02 Å². The van der Waals surface area contributed by atoms with Crippen molar-refractivity contribution in [1.82, 2.24) is 0 Å². The summed E-state index contributed by atoms with van der Waals surface area (Å²) in [6.07, 6.45) is -1.61. The molecule has 0 saturated carbocycles. The highest BCUT2D eigenvalue weighted by atomic mass is 35.5. The number of aryl methyl sites for hydroxylation is 1. The van der Waals surface area contributed by atoms with E-state index >= 15 is 0 Å². The van der Waals surface area contributed by atoms with E-state index in [2.05, 4.69) is 0 Å². The third-order valence-electron chi connectivity index (χ3n) is 1.60. The van der Waals surface area contributed by atoms with Crippen LogP contribution >= 0.6 is 11.6 Å². The number of rotatable bonds is 2. The van der Waals surface area contributed by atoms with Gasteiger partial charge in [-0.05, 0) is 30.2 Å². The van der Waals surface area contributed by atoms with Crippen molar-refractivity contribution in [3.63, 3.8) is 0 Å². The molecule has 1 aromatic rings. The molecule has 0 aliphatic rings. The van der Waals surface area contributed by atoms with E-state index in [0.717, 1.165) is 5.56 Å². The highest BCUT2D eigenvalue weighted by Gasteiger charge is 2.09. The molecule has 13 heavy (non-hydrogen) atoms. The van der Waals surface area contributed by atoms with Crippen molar-refractivity contribution in [3.8, 4) is 0 Å². The first-order valence-corrected chi connectivity index (χ1v) is 4.04. The number of hydrogen-bond donors (Lipinski definition) is 1. The van der Waals surface area contributed by atoms with E-state index in [1.807, 2.05) is 0 Å². The summed E-state index contributed by atoms with van der Waals surface area (Å²) in [6.45, 7) is 1.76. The third kappa shape index (κ3) is 2.44. The summed E-state index contributed by atoms with van der Waals surface area (Å²) in [7, 11) is 0. The van der Waals surface area contributed by atoms with E-state index in [1.54, 1.807) is 19.1 Å². The summed E-state index contributed by atoms with van der Waals surface area (Å²) in [5.41, 5.74) is 1.04. The molecule has 4 heteroatoms. The largest absolute Gasteiger partial charge is 0.547 e. The average molecular weight is 200 g/mol. The lowest BCUT2D eigenvalue weighted by molar-refractivity contribution is -0.315. The summed E-state index contributed by atoms with van der Waals surface area (Å²) in [4.78, 5) is 10.3. The van der Waals surface area contributed by atoms with Gasteiger partial charge in [0, 0.05) is 5.02 Å². The van der Waals surface area contributed by atoms with E-state index < -0.39 is 12.1 Å². The fourth-order valence-electron chi connectivity index (χ4n) is 1.06. The number of hydrogen-bond acceptors (Lipinski definition) is 3. The minimum Gasteiger partial charge on any atom is -0.547 e. The second-order valence-electron chi connectivity index (χ2n) is 2.78. The third-order valence-corrected chi connectivity index (χ3v) is 1.82. The van der Waals surface area contributed by atoms with E-state index in [1.165, 1.54) is 6.07 Å². The van der Waals surface area contributed by atoms with E-state index in [4.69, 9.17) is 16.7 Å². The minimum absolute atomic E-state index is 0.241. The molecule has 0 unspecified atom stereocenters. The van der Waals surface area contributed by atoms with Crippen LogP contribution in [0.5, 0.6) is 0 Å². The first-order chi connectivity index (χ1) is 6.00. The van der Waals surface area contributed by atoms with Gasteiger partial charge >= 0.3 is 0 Å². The Bertz CT molecular complexity index is 315. The molecule has 0 amide bonds. The molecule has 0 saturated heterocycles. The standard InChI is InChI=1S/C9H9ClO3/c1-5-2-6(4-7(10)3-5)8(11)9(12)13/h2-4,8,11H,1H3,(H,12,13)/p-1/t8-/m1/s1. The van der Waals surface area contributed by atoms with Crippen LogP contribution in [0.4, 0.5) is 0 Å². The predicted molar refractivity (Wildman–Crippen MR) is 46.2 cm³/mol. The minimum atomic E-state index is -1.61. The molecule has 0 spiro atoms. The number of aliphatic hydroxyl groups is 1. The number of carboxylic acid groups (broad SMARTS) is 1. The Hall–Kier alpha value is -1.06. The van der Waals surface area contributed by atoms with Crippen LogP contribution in [0.25, 0.3) is 0 Å². The van der Waals surface area contributed by atoms with Crippen molar-refractivity contribution in [3.05, 3.63) is 34.3 Å². The topological polar surface area (TPSA) is 60.4 Å². The molecule has 0 bridgehead atoms. The Morgan fingerprint density at radius 1 is 1.54 bits per heavy atom. The first kappa shape index (κ1) is 10.0. The Labute approximate surface area is 80.6 Å². The van der Waals surface area contributed by atoms with Gasteiger partial charge in [-0.15, -0.1) is 0 Å².